The van der Waals surface area contributed by atoms with Crippen LogP contribution in [0.5, 0.6) is 0 Å². The Morgan fingerprint density at radius 3 is 2.78 bits per heavy atom. The monoisotopic (exact) mass is 320 g/mol. The molecule has 2 aliphatic heterocycles. The van der Waals surface area contributed by atoms with Crippen LogP contribution in [-0.2, 0) is 16.1 Å². The van der Waals surface area contributed by atoms with Crippen LogP contribution in [0.1, 0.15) is 37.5 Å². The lowest BCUT2D eigenvalue weighted by Gasteiger charge is -2.35. The number of likely N-dealkylation sites (tertiary alicyclic amines) is 1. The summed E-state index contributed by atoms with van der Waals surface area (Å²) >= 11 is 0. The van der Waals surface area contributed by atoms with Gasteiger partial charge in [0.2, 0.25) is 5.91 Å². The van der Waals surface area contributed by atoms with E-state index in [-0.39, 0.29) is 5.92 Å². The summed E-state index contributed by atoms with van der Waals surface area (Å²) < 4.78 is 7.31. The third-order valence-corrected chi connectivity index (χ3v) is 5.00. The van der Waals surface area contributed by atoms with Gasteiger partial charge < -0.3 is 9.64 Å². The molecule has 1 saturated carbocycles. The largest absolute Gasteiger partial charge is 0.378 e. The van der Waals surface area contributed by atoms with Gasteiger partial charge in [0.25, 0.3) is 0 Å². The standard InChI is InChI=1S/C15H24N6O2/c22-15(20-6-8-23-9-7-20)12-2-1-5-19(10-12)11-14-16-17-18-21(14)13-3-4-13/h12-13H,1-11H2/t12-/m1/s1. The maximum absolute atomic E-state index is 12.7. The Balaban J connectivity index is 1.36. The average Bonchev–Trinajstić information content (AvgIpc) is 3.35. The predicted molar refractivity (Wildman–Crippen MR) is 81.5 cm³/mol. The van der Waals surface area contributed by atoms with Crippen molar-refractivity contribution < 1.29 is 9.53 Å². The van der Waals surface area contributed by atoms with E-state index in [2.05, 4.69) is 20.4 Å². The molecule has 1 amide bonds. The van der Waals surface area contributed by atoms with Gasteiger partial charge in [-0.3, -0.25) is 9.69 Å². The van der Waals surface area contributed by atoms with Crippen LogP contribution in [0, 0.1) is 5.92 Å². The normalized spacial score (nSPS) is 26.4. The quantitative estimate of drug-likeness (QED) is 0.782. The van der Waals surface area contributed by atoms with Gasteiger partial charge >= 0.3 is 0 Å². The highest BCUT2D eigenvalue weighted by molar-refractivity contribution is 5.79. The molecule has 0 spiro atoms. The van der Waals surface area contributed by atoms with Crippen molar-refractivity contribution in [2.45, 2.75) is 38.3 Å². The van der Waals surface area contributed by atoms with Crippen molar-refractivity contribution in [3.8, 4) is 0 Å². The summed E-state index contributed by atoms with van der Waals surface area (Å²) in [7, 11) is 0. The molecule has 0 N–H and O–H groups in total. The van der Waals surface area contributed by atoms with E-state index >= 15 is 0 Å². The highest BCUT2D eigenvalue weighted by Gasteiger charge is 2.32. The summed E-state index contributed by atoms with van der Waals surface area (Å²) in [4.78, 5) is 17.0. The first-order valence-electron chi connectivity index (χ1n) is 8.67. The molecule has 3 fully saturated rings. The maximum atomic E-state index is 12.7. The summed E-state index contributed by atoms with van der Waals surface area (Å²) in [5.74, 6) is 1.33. The molecule has 1 atom stereocenters. The van der Waals surface area contributed by atoms with Gasteiger partial charge in [0, 0.05) is 19.6 Å². The van der Waals surface area contributed by atoms with Crippen LogP contribution >= 0.6 is 0 Å². The number of piperidine rings is 1. The van der Waals surface area contributed by atoms with E-state index in [0.29, 0.717) is 25.2 Å². The minimum absolute atomic E-state index is 0.104. The van der Waals surface area contributed by atoms with Gasteiger partial charge in [0.05, 0.1) is 31.7 Å². The zero-order valence-corrected chi connectivity index (χ0v) is 13.4. The van der Waals surface area contributed by atoms with Crippen molar-refractivity contribution in [3.63, 3.8) is 0 Å². The number of aromatic nitrogens is 4. The second-order valence-electron chi connectivity index (χ2n) is 6.78. The van der Waals surface area contributed by atoms with E-state index in [1.54, 1.807) is 0 Å². The molecule has 8 heteroatoms. The number of amides is 1. The van der Waals surface area contributed by atoms with Gasteiger partial charge in [-0.15, -0.1) is 5.10 Å². The Hall–Kier alpha value is -1.54. The fourth-order valence-electron chi connectivity index (χ4n) is 3.56. The molecule has 4 rings (SSSR count). The number of hydrogen-bond acceptors (Lipinski definition) is 6. The van der Waals surface area contributed by atoms with Crippen LogP contribution in [-0.4, -0.2) is 75.3 Å². The van der Waals surface area contributed by atoms with Crippen molar-refractivity contribution >= 4 is 5.91 Å². The Morgan fingerprint density at radius 1 is 1.17 bits per heavy atom. The zero-order chi connectivity index (χ0) is 15.6. The Bertz CT molecular complexity index is 552. The molecule has 0 bridgehead atoms. The molecule has 3 aliphatic rings. The Kier molecular flexibility index (Phi) is 4.26. The Labute approximate surface area is 135 Å². The number of morpholine rings is 1. The summed E-state index contributed by atoms with van der Waals surface area (Å²) in [5.41, 5.74) is 0. The fourth-order valence-corrected chi connectivity index (χ4v) is 3.56. The number of carbonyl (C=O) groups is 1. The molecule has 0 unspecified atom stereocenters. The van der Waals surface area contributed by atoms with Crippen LogP contribution in [0.3, 0.4) is 0 Å². The molecular formula is C15H24N6O2. The highest BCUT2D eigenvalue weighted by atomic mass is 16.5. The van der Waals surface area contributed by atoms with Crippen molar-refractivity contribution in [2.24, 2.45) is 5.92 Å². The number of carbonyl (C=O) groups excluding carboxylic acids is 1. The molecular weight excluding hydrogens is 296 g/mol. The van der Waals surface area contributed by atoms with Crippen LogP contribution in [0.2, 0.25) is 0 Å². The van der Waals surface area contributed by atoms with Gasteiger partial charge in [0.1, 0.15) is 0 Å². The van der Waals surface area contributed by atoms with Crippen molar-refractivity contribution in [1.82, 2.24) is 30.0 Å². The van der Waals surface area contributed by atoms with E-state index in [1.807, 2.05) is 9.58 Å². The maximum Gasteiger partial charge on any atom is 0.227 e. The zero-order valence-electron chi connectivity index (χ0n) is 13.4. The summed E-state index contributed by atoms with van der Waals surface area (Å²) in [5, 5.41) is 12.1. The lowest BCUT2D eigenvalue weighted by Crippen LogP contribution is -2.48. The van der Waals surface area contributed by atoms with Crippen LogP contribution in [0.25, 0.3) is 0 Å². The smallest absolute Gasteiger partial charge is 0.227 e. The van der Waals surface area contributed by atoms with Crippen molar-refractivity contribution in [3.05, 3.63) is 5.82 Å². The van der Waals surface area contributed by atoms with E-state index in [0.717, 1.165) is 51.4 Å². The van der Waals surface area contributed by atoms with Gasteiger partial charge in [-0.2, -0.15) is 0 Å². The number of hydrogen-bond donors (Lipinski definition) is 0. The molecule has 8 nitrogen and oxygen atoms in total. The third kappa shape index (κ3) is 3.37. The molecule has 1 aromatic rings. The van der Waals surface area contributed by atoms with E-state index in [9.17, 15) is 4.79 Å². The summed E-state index contributed by atoms with van der Waals surface area (Å²) in [6.07, 6.45) is 4.40. The number of nitrogens with zero attached hydrogens (tertiary/aromatic N) is 6. The number of tetrazole rings is 1. The number of rotatable bonds is 4. The van der Waals surface area contributed by atoms with Gasteiger partial charge in [0.15, 0.2) is 5.82 Å². The third-order valence-electron chi connectivity index (χ3n) is 5.00. The first-order chi connectivity index (χ1) is 11.3. The second kappa shape index (κ2) is 6.52. The van der Waals surface area contributed by atoms with Crippen LogP contribution in [0.15, 0.2) is 0 Å². The lowest BCUT2D eigenvalue weighted by atomic mass is 9.96. The molecule has 1 aromatic heterocycles. The predicted octanol–water partition coefficient (Wildman–Crippen LogP) is 0.0788. The first kappa shape index (κ1) is 15.0. The fraction of sp³-hybridized carbons (Fsp3) is 0.867. The minimum atomic E-state index is 0.104. The summed E-state index contributed by atoms with van der Waals surface area (Å²) in [6.45, 7) is 5.37. The minimum Gasteiger partial charge on any atom is -0.378 e. The second-order valence-corrected chi connectivity index (χ2v) is 6.78. The lowest BCUT2D eigenvalue weighted by molar-refractivity contribution is -0.141. The summed E-state index contributed by atoms with van der Waals surface area (Å²) in [6, 6.07) is 0.496. The molecule has 0 aromatic carbocycles. The van der Waals surface area contributed by atoms with E-state index in [1.165, 1.54) is 12.8 Å². The average molecular weight is 320 g/mol. The Morgan fingerprint density at radius 2 is 2.00 bits per heavy atom. The highest BCUT2D eigenvalue weighted by Crippen LogP contribution is 2.34. The van der Waals surface area contributed by atoms with Gasteiger partial charge in [-0.25, -0.2) is 4.68 Å². The van der Waals surface area contributed by atoms with E-state index in [4.69, 9.17) is 4.74 Å². The van der Waals surface area contributed by atoms with Crippen LogP contribution in [0.4, 0.5) is 0 Å². The van der Waals surface area contributed by atoms with Crippen LogP contribution < -0.4 is 0 Å². The SMILES string of the molecule is O=C([C@@H]1CCCN(Cc2nnnn2C2CC2)C1)N1CCOCC1. The topological polar surface area (TPSA) is 76.4 Å². The molecule has 1 aliphatic carbocycles. The molecule has 23 heavy (non-hydrogen) atoms. The van der Waals surface area contributed by atoms with E-state index < -0.39 is 0 Å². The van der Waals surface area contributed by atoms with Gasteiger partial charge in [-0.05, 0) is 42.7 Å². The van der Waals surface area contributed by atoms with Gasteiger partial charge in [-0.1, -0.05) is 0 Å². The molecule has 2 saturated heterocycles. The number of ether oxygens (including phenoxy) is 1. The van der Waals surface area contributed by atoms with Crippen molar-refractivity contribution in [1.29, 1.82) is 0 Å². The molecule has 0 radical (unpaired) electrons. The van der Waals surface area contributed by atoms with Crippen molar-refractivity contribution in [2.75, 3.05) is 39.4 Å². The molecule has 3 heterocycles. The first-order valence-corrected chi connectivity index (χ1v) is 8.67. The molecule has 126 valence electrons.